The molecule has 1 heterocycles. The maximum Gasteiger partial charge on any atom is 0.328 e. The van der Waals surface area contributed by atoms with E-state index in [1.54, 1.807) is 30.5 Å². The highest BCUT2D eigenvalue weighted by atomic mass is 16.4. The molecule has 0 aliphatic rings. The molecule has 0 atom stereocenters. The summed E-state index contributed by atoms with van der Waals surface area (Å²) in [5, 5.41) is 10.9. The molecule has 19 heavy (non-hydrogen) atoms. The van der Waals surface area contributed by atoms with E-state index < -0.39 is 11.9 Å². The van der Waals surface area contributed by atoms with Gasteiger partial charge in [0.15, 0.2) is 12.2 Å². The van der Waals surface area contributed by atoms with Gasteiger partial charge in [-0.05, 0) is 24.3 Å². The SMILES string of the molecule is O=C(O)/C=C\C(=O)Nc1ccc(-c2cnco2)cc1. The summed E-state index contributed by atoms with van der Waals surface area (Å²) in [7, 11) is 0. The lowest BCUT2D eigenvalue weighted by Crippen LogP contribution is -2.08. The number of aromatic nitrogens is 1. The lowest BCUT2D eigenvalue weighted by molar-refractivity contribution is -0.131. The van der Waals surface area contributed by atoms with Gasteiger partial charge in [0, 0.05) is 23.4 Å². The van der Waals surface area contributed by atoms with Gasteiger partial charge in [0.2, 0.25) is 5.91 Å². The van der Waals surface area contributed by atoms with Gasteiger partial charge in [-0.2, -0.15) is 0 Å². The number of carbonyl (C=O) groups excluding carboxylic acids is 1. The summed E-state index contributed by atoms with van der Waals surface area (Å²) >= 11 is 0. The maximum absolute atomic E-state index is 11.3. The third-order valence-electron chi connectivity index (χ3n) is 2.25. The number of hydrogen-bond donors (Lipinski definition) is 2. The molecular weight excluding hydrogens is 248 g/mol. The van der Waals surface area contributed by atoms with Crippen LogP contribution in [0, 0.1) is 0 Å². The van der Waals surface area contributed by atoms with Crippen molar-refractivity contribution in [3.8, 4) is 11.3 Å². The van der Waals surface area contributed by atoms with Crippen molar-refractivity contribution in [1.82, 2.24) is 4.98 Å². The smallest absolute Gasteiger partial charge is 0.328 e. The summed E-state index contributed by atoms with van der Waals surface area (Å²) in [4.78, 5) is 25.4. The van der Waals surface area contributed by atoms with E-state index >= 15 is 0 Å². The van der Waals surface area contributed by atoms with E-state index in [1.165, 1.54) is 6.39 Å². The molecule has 1 aromatic heterocycles. The molecule has 0 spiro atoms. The molecule has 2 N–H and O–H groups in total. The number of benzene rings is 1. The fourth-order valence-electron chi connectivity index (χ4n) is 1.41. The third-order valence-corrected chi connectivity index (χ3v) is 2.25. The number of amides is 1. The molecule has 0 bridgehead atoms. The van der Waals surface area contributed by atoms with Crippen LogP contribution in [0.1, 0.15) is 0 Å². The van der Waals surface area contributed by atoms with E-state index in [1.807, 2.05) is 0 Å². The van der Waals surface area contributed by atoms with Crippen LogP contribution >= 0.6 is 0 Å². The Morgan fingerprint density at radius 3 is 2.53 bits per heavy atom. The summed E-state index contributed by atoms with van der Waals surface area (Å²) in [5.74, 6) is -1.05. The molecular formula is C13H10N2O4. The summed E-state index contributed by atoms with van der Waals surface area (Å²) < 4.78 is 5.13. The van der Waals surface area contributed by atoms with Gasteiger partial charge in [0.25, 0.3) is 0 Å². The quantitative estimate of drug-likeness (QED) is 0.817. The number of carboxylic acid groups (broad SMARTS) is 1. The molecule has 0 aliphatic heterocycles. The van der Waals surface area contributed by atoms with Gasteiger partial charge in [-0.3, -0.25) is 4.79 Å². The first kappa shape index (κ1) is 12.6. The number of hydrogen-bond acceptors (Lipinski definition) is 4. The van der Waals surface area contributed by atoms with Crippen LogP contribution in [0.15, 0.2) is 53.4 Å². The predicted molar refractivity (Wildman–Crippen MR) is 67.3 cm³/mol. The topological polar surface area (TPSA) is 92.4 Å². The van der Waals surface area contributed by atoms with Gasteiger partial charge in [-0.15, -0.1) is 0 Å². The Morgan fingerprint density at radius 2 is 1.95 bits per heavy atom. The second kappa shape index (κ2) is 5.63. The molecule has 2 aromatic rings. The van der Waals surface area contributed by atoms with Crippen LogP contribution < -0.4 is 5.32 Å². The minimum Gasteiger partial charge on any atom is -0.478 e. The van der Waals surface area contributed by atoms with Crippen LogP contribution in [0.4, 0.5) is 5.69 Å². The summed E-state index contributed by atoms with van der Waals surface area (Å²) in [6.45, 7) is 0. The van der Waals surface area contributed by atoms with Gasteiger partial charge >= 0.3 is 5.97 Å². The second-order valence-electron chi connectivity index (χ2n) is 3.60. The van der Waals surface area contributed by atoms with E-state index in [9.17, 15) is 9.59 Å². The van der Waals surface area contributed by atoms with Gasteiger partial charge in [-0.25, -0.2) is 9.78 Å². The van der Waals surface area contributed by atoms with E-state index in [2.05, 4.69) is 10.3 Å². The Hall–Kier alpha value is -2.89. The Bertz CT molecular complexity index is 600. The fraction of sp³-hybridized carbons (Fsp3) is 0. The number of nitrogens with one attached hydrogen (secondary N) is 1. The average molecular weight is 258 g/mol. The third kappa shape index (κ3) is 3.53. The predicted octanol–water partition coefficient (Wildman–Crippen LogP) is 1.92. The van der Waals surface area contributed by atoms with Crippen LogP contribution in [-0.4, -0.2) is 22.0 Å². The average Bonchev–Trinajstić information content (AvgIpc) is 2.91. The van der Waals surface area contributed by atoms with E-state index in [0.717, 1.165) is 17.7 Å². The standard InChI is InChI=1S/C13H10N2O4/c16-12(5-6-13(17)18)15-10-3-1-9(2-4-10)11-7-14-8-19-11/h1-8H,(H,15,16)(H,17,18)/b6-5-. The summed E-state index contributed by atoms with van der Waals surface area (Å²) in [6.07, 6.45) is 4.65. The van der Waals surface area contributed by atoms with Crippen molar-refractivity contribution in [3.63, 3.8) is 0 Å². The molecule has 96 valence electrons. The van der Waals surface area contributed by atoms with Crippen molar-refractivity contribution in [2.75, 3.05) is 5.32 Å². The number of carbonyl (C=O) groups is 2. The molecule has 0 saturated carbocycles. The highest BCUT2D eigenvalue weighted by Crippen LogP contribution is 2.20. The van der Waals surface area contributed by atoms with Crippen molar-refractivity contribution in [2.45, 2.75) is 0 Å². The van der Waals surface area contributed by atoms with Crippen molar-refractivity contribution in [3.05, 3.63) is 49.0 Å². The zero-order valence-corrected chi connectivity index (χ0v) is 9.74. The molecule has 1 amide bonds. The lowest BCUT2D eigenvalue weighted by Gasteiger charge is -2.02. The maximum atomic E-state index is 11.3. The van der Waals surface area contributed by atoms with Crippen LogP contribution in [-0.2, 0) is 9.59 Å². The van der Waals surface area contributed by atoms with E-state index in [0.29, 0.717) is 11.4 Å². The molecule has 0 unspecified atom stereocenters. The van der Waals surface area contributed by atoms with Crippen molar-refractivity contribution < 1.29 is 19.1 Å². The molecule has 2 rings (SSSR count). The number of oxazole rings is 1. The fourth-order valence-corrected chi connectivity index (χ4v) is 1.41. The van der Waals surface area contributed by atoms with Crippen molar-refractivity contribution in [2.24, 2.45) is 0 Å². The Labute approximate surface area is 108 Å². The number of rotatable bonds is 4. The Kier molecular flexibility index (Phi) is 3.72. The number of carboxylic acids is 1. The monoisotopic (exact) mass is 258 g/mol. The molecule has 0 fully saturated rings. The van der Waals surface area contributed by atoms with Crippen LogP contribution in [0.5, 0.6) is 0 Å². The van der Waals surface area contributed by atoms with Gasteiger partial charge in [0.1, 0.15) is 0 Å². The number of anilines is 1. The van der Waals surface area contributed by atoms with E-state index in [-0.39, 0.29) is 0 Å². The van der Waals surface area contributed by atoms with Gasteiger partial charge < -0.3 is 14.8 Å². The first-order valence-electron chi connectivity index (χ1n) is 5.36. The molecule has 6 heteroatoms. The van der Waals surface area contributed by atoms with Crippen molar-refractivity contribution >= 4 is 17.6 Å². The zero-order valence-electron chi connectivity index (χ0n) is 9.74. The number of nitrogens with zero attached hydrogens (tertiary/aromatic N) is 1. The number of aliphatic carboxylic acids is 1. The molecule has 0 aliphatic carbocycles. The molecule has 6 nitrogen and oxygen atoms in total. The van der Waals surface area contributed by atoms with Gasteiger partial charge in [0.05, 0.1) is 6.20 Å². The minimum absolute atomic E-state index is 0.505. The zero-order chi connectivity index (χ0) is 13.7. The lowest BCUT2D eigenvalue weighted by atomic mass is 10.1. The highest BCUT2D eigenvalue weighted by molar-refractivity contribution is 6.02. The van der Waals surface area contributed by atoms with Crippen LogP contribution in [0.2, 0.25) is 0 Å². The normalized spacial score (nSPS) is 10.5. The Morgan fingerprint density at radius 1 is 1.21 bits per heavy atom. The molecule has 1 aromatic carbocycles. The summed E-state index contributed by atoms with van der Waals surface area (Å²) in [6, 6.07) is 6.89. The first-order chi connectivity index (χ1) is 9.15. The van der Waals surface area contributed by atoms with E-state index in [4.69, 9.17) is 9.52 Å². The second-order valence-corrected chi connectivity index (χ2v) is 3.60. The molecule has 0 saturated heterocycles. The minimum atomic E-state index is -1.17. The first-order valence-corrected chi connectivity index (χ1v) is 5.36. The Balaban J connectivity index is 2.03. The largest absolute Gasteiger partial charge is 0.478 e. The molecule has 0 radical (unpaired) electrons. The van der Waals surface area contributed by atoms with Crippen molar-refractivity contribution in [1.29, 1.82) is 0 Å². The van der Waals surface area contributed by atoms with Crippen LogP contribution in [0.25, 0.3) is 11.3 Å². The highest BCUT2D eigenvalue weighted by Gasteiger charge is 2.02. The summed E-state index contributed by atoms with van der Waals surface area (Å²) in [5.41, 5.74) is 1.39. The van der Waals surface area contributed by atoms with Gasteiger partial charge in [-0.1, -0.05) is 0 Å². The van der Waals surface area contributed by atoms with Crippen LogP contribution in [0.3, 0.4) is 0 Å².